The Morgan fingerprint density at radius 3 is 1.95 bits per heavy atom. The van der Waals surface area contributed by atoms with Crippen LogP contribution < -0.4 is 0 Å². The number of rotatable bonds is 14. The molecule has 0 aromatic heterocycles. The van der Waals surface area contributed by atoms with E-state index in [0.717, 1.165) is 18.8 Å². The van der Waals surface area contributed by atoms with Gasteiger partial charge >= 0.3 is 0 Å². The Hall–Kier alpha value is -0.260. The Balaban J connectivity index is 3.31. The van der Waals surface area contributed by atoms with Crippen molar-refractivity contribution in [1.82, 2.24) is 0 Å². The molecule has 0 saturated carbocycles. The first-order chi connectivity index (χ1) is 9.35. The monoisotopic (exact) mass is 264 g/mol. The summed E-state index contributed by atoms with van der Waals surface area (Å²) in [5.74, 6) is 0.942. The molecule has 0 aliphatic carbocycles. The van der Waals surface area contributed by atoms with Gasteiger partial charge in [-0.2, -0.15) is 0 Å². The lowest BCUT2D eigenvalue weighted by atomic mass is 9.93. The van der Waals surface area contributed by atoms with Crippen LogP contribution in [0, 0.1) is 19.8 Å². The molecule has 0 aromatic rings. The van der Waals surface area contributed by atoms with Gasteiger partial charge in [0.15, 0.2) is 0 Å². The van der Waals surface area contributed by atoms with Crippen LogP contribution in [-0.4, -0.2) is 0 Å². The molecule has 0 aromatic carbocycles. The molecule has 0 aliphatic heterocycles. The summed E-state index contributed by atoms with van der Waals surface area (Å²) < 4.78 is 0. The van der Waals surface area contributed by atoms with Gasteiger partial charge in [0.2, 0.25) is 0 Å². The van der Waals surface area contributed by atoms with Crippen molar-refractivity contribution < 1.29 is 0 Å². The molecule has 0 heterocycles. The van der Waals surface area contributed by atoms with E-state index in [1.54, 1.807) is 0 Å². The third kappa shape index (κ3) is 14.0. The molecule has 0 heteroatoms. The van der Waals surface area contributed by atoms with Crippen LogP contribution in [0.15, 0.2) is 12.2 Å². The molecule has 0 N–H and O–H groups in total. The van der Waals surface area contributed by atoms with E-state index in [2.05, 4.69) is 32.9 Å². The lowest BCUT2D eigenvalue weighted by Gasteiger charge is -2.13. The highest BCUT2D eigenvalue weighted by molar-refractivity contribution is 4.81. The second kappa shape index (κ2) is 15.8. The first-order valence-corrected chi connectivity index (χ1v) is 8.58. The third-order valence-electron chi connectivity index (χ3n) is 3.96. The van der Waals surface area contributed by atoms with Crippen LogP contribution in [0.1, 0.15) is 90.4 Å². The smallest absolute Gasteiger partial charge is 0.0351 e. The van der Waals surface area contributed by atoms with Gasteiger partial charge in [0.1, 0.15) is 0 Å². The maximum atomic E-state index is 3.93. The topological polar surface area (TPSA) is 0 Å². The van der Waals surface area contributed by atoms with Gasteiger partial charge in [-0.3, -0.25) is 0 Å². The Kier molecular flexibility index (Phi) is 15.6. The van der Waals surface area contributed by atoms with E-state index in [-0.39, 0.29) is 0 Å². The zero-order chi connectivity index (χ0) is 14.2. The molecule has 0 fully saturated rings. The van der Waals surface area contributed by atoms with Gasteiger partial charge in [0.05, 0.1) is 0 Å². The Morgan fingerprint density at radius 1 is 0.737 bits per heavy atom. The van der Waals surface area contributed by atoms with Crippen molar-refractivity contribution in [3.05, 3.63) is 26.0 Å². The van der Waals surface area contributed by atoms with Gasteiger partial charge in [0, 0.05) is 0 Å². The molecule has 0 spiro atoms. The van der Waals surface area contributed by atoms with Crippen LogP contribution in [0.3, 0.4) is 0 Å². The molecule has 0 nitrogen and oxygen atoms in total. The standard InChI is InChI=1S/C19H36/c1-4-7-9-10-11-12-13-14-15-16-18-19(6-3)17-8-5-2/h13-14,19H,1-2,4-12,15-18H2,3H3. The van der Waals surface area contributed by atoms with E-state index in [4.69, 9.17) is 0 Å². The molecule has 0 rings (SSSR count). The number of allylic oxidation sites excluding steroid dienone is 2. The van der Waals surface area contributed by atoms with Crippen LogP contribution in [0.2, 0.25) is 0 Å². The molecule has 0 bridgehead atoms. The highest BCUT2D eigenvalue weighted by Crippen LogP contribution is 2.19. The van der Waals surface area contributed by atoms with Crippen molar-refractivity contribution in [2.24, 2.45) is 5.92 Å². The summed E-state index contributed by atoms with van der Waals surface area (Å²) in [4.78, 5) is 0. The Morgan fingerprint density at radius 2 is 1.32 bits per heavy atom. The molecular formula is C19H36. The van der Waals surface area contributed by atoms with E-state index < -0.39 is 0 Å². The molecule has 0 saturated heterocycles. The normalized spacial score (nSPS) is 13.2. The van der Waals surface area contributed by atoms with E-state index >= 15 is 0 Å². The fourth-order valence-electron chi connectivity index (χ4n) is 2.54. The highest BCUT2D eigenvalue weighted by atomic mass is 14.1. The van der Waals surface area contributed by atoms with Crippen molar-refractivity contribution in [2.45, 2.75) is 90.4 Å². The predicted octanol–water partition coefficient (Wildman–Crippen LogP) is 6.92. The second-order valence-electron chi connectivity index (χ2n) is 5.73. The van der Waals surface area contributed by atoms with E-state index in [1.807, 2.05) is 0 Å². The number of hydrogen-bond donors (Lipinski definition) is 0. The zero-order valence-corrected chi connectivity index (χ0v) is 13.3. The SMILES string of the molecule is [CH2]CCCCCCC=CCCCC(CC)CCC[CH2]. The van der Waals surface area contributed by atoms with Gasteiger partial charge < -0.3 is 0 Å². The van der Waals surface area contributed by atoms with Gasteiger partial charge in [-0.05, 0) is 31.6 Å². The highest BCUT2D eigenvalue weighted by Gasteiger charge is 2.04. The van der Waals surface area contributed by atoms with Gasteiger partial charge in [0.25, 0.3) is 0 Å². The fourth-order valence-corrected chi connectivity index (χ4v) is 2.54. The summed E-state index contributed by atoms with van der Waals surface area (Å²) in [6.07, 6.45) is 21.8. The predicted molar refractivity (Wildman–Crippen MR) is 89.0 cm³/mol. The summed E-state index contributed by atoms with van der Waals surface area (Å²) in [6.45, 7) is 10.1. The number of unbranched alkanes of at least 4 members (excludes halogenated alkanes) is 7. The summed E-state index contributed by atoms with van der Waals surface area (Å²) in [6, 6.07) is 0. The Labute approximate surface area is 123 Å². The summed E-state index contributed by atoms with van der Waals surface area (Å²) in [5.41, 5.74) is 0. The lowest BCUT2D eigenvalue weighted by molar-refractivity contribution is 0.414. The molecule has 19 heavy (non-hydrogen) atoms. The molecule has 0 aliphatic rings. The summed E-state index contributed by atoms with van der Waals surface area (Å²) >= 11 is 0. The number of hydrogen-bond acceptors (Lipinski definition) is 0. The minimum Gasteiger partial charge on any atom is -0.0885 e. The van der Waals surface area contributed by atoms with E-state index in [1.165, 1.54) is 70.6 Å². The Bertz CT molecular complexity index is 180. The molecule has 2 radical (unpaired) electrons. The fraction of sp³-hybridized carbons (Fsp3) is 0.789. The maximum absolute atomic E-state index is 3.93. The third-order valence-corrected chi connectivity index (χ3v) is 3.96. The average molecular weight is 264 g/mol. The van der Waals surface area contributed by atoms with Gasteiger partial charge in [-0.15, -0.1) is 0 Å². The van der Waals surface area contributed by atoms with Gasteiger partial charge in [-0.25, -0.2) is 0 Å². The van der Waals surface area contributed by atoms with Crippen molar-refractivity contribution in [3.8, 4) is 0 Å². The van der Waals surface area contributed by atoms with Gasteiger partial charge in [-0.1, -0.05) is 90.7 Å². The minimum atomic E-state index is 0.942. The first-order valence-electron chi connectivity index (χ1n) is 8.58. The average Bonchev–Trinajstić information content (AvgIpc) is 2.44. The van der Waals surface area contributed by atoms with Crippen molar-refractivity contribution in [3.63, 3.8) is 0 Å². The molecular weight excluding hydrogens is 228 g/mol. The molecule has 112 valence electrons. The maximum Gasteiger partial charge on any atom is -0.0351 e. The second-order valence-corrected chi connectivity index (χ2v) is 5.73. The van der Waals surface area contributed by atoms with Crippen LogP contribution >= 0.6 is 0 Å². The van der Waals surface area contributed by atoms with E-state index in [9.17, 15) is 0 Å². The molecule has 1 atom stereocenters. The minimum absolute atomic E-state index is 0.942. The van der Waals surface area contributed by atoms with Crippen molar-refractivity contribution in [2.75, 3.05) is 0 Å². The van der Waals surface area contributed by atoms with Crippen LogP contribution in [-0.2, 0) is 0 Å². The van der Waals surface area contributed by atoms with Crippen LogP contribution in [0.25, 0.3) is 0 Å². The van der Waals surface area contributed by atoms with Crippen molar-refractivity contribution >= 4 is 0 Å². The van der Waals surface area contributed by atoms with Crippen LogP contribution in [0.5, 0.6) is 0 Å². The quantitative estimate of drug-likeness (QED) is 0.236. The van der Waals surface area contributed by atoms with Crippen LogP contribution in [0.4, 0.5) is 0 Å². The van der Waals surface area contributed by atoms with Crippen molar-refractivity contribution in [1.29, 1.82) is 0 Å². The lowest BCUT2D eigenvalue weighted by Crippen LogP contribution is -1.98. The molecule has 1 unspecified atom stereocenters. The zero-order valence-electron chi connectivity index (χ0n) is 13.3. The van der Waals surface area contributed by atoms with E-state index in [0.29, 0.717) is 0 Å². The summed E-state index contributed by atoms with van der Waals surface area (Å²) in [5, 5.41) is 0. The summed E-state index contributed by atoms with van der Waals surface area (Å²) in [7, 11) is 0. The largest absolute Gasteiger partial charge is 0.0885 e. The molecule has 0 amide bonds. The first kappa shape index (κ1) is 18.7.